The number of fused-ring (bicyclic) bond motifs is 1. The Labute approximate surface area is 164 Å². The average Bonchev–Trinajstić information content (AvgIpc) is 2.70. The first kappa shape index (κ1) is 19.4. The van der Waals surface area contributed by atoms with Gasteiger partial charge in [0.1, 0.15) is 5.75 Å². The quantitative estimate of drug-likeness (QED) is 0.650. The summed E-state index contributed by atoms with van der Waals surface area (Å²) in [5.74, 6) is -0.406. The van der Waals surface area contributed by atoms with Crippen LogP contribution in [-0.2, 0) is 4.79 Å². The Morgan fingerprint density at radius 3 is 2.54 bits per heavy atom. The van der Waals surface area contributed by atoms with Crippen LogP contribution in [0.1, 0.15) is 28.8 Å². The second-order valence-corrected chi connectivity index (χ2v) is 6.64. The molecule has 0 atom stereocenters. The molecule has 5 nitrogen and oxygen atoms in total. The third kappa shape index (κ3) is 4.14. The molecule has 0 saturated carbocycles. The number of methoxy groups -OCH3 is 1. The van der Waals surface area contributed by atoms with Crippen LogP contribution < -0.4 is 9.64 Å². The molecule has 1 amide bonds. The molecular weight excluding hydrogens is 354 g/mol. The first-order valence-corrected chi connectivity index (χ1v) is 9.17. The van der Waals surface area contributed by atoms with E-state index < -0.39 is 5.97 Å². The van der Waals surface area contributed by atoms with Crippen molar-refractivity contribution < 1.29 is 19.4 Å². The van der Waals surface area contributed by atoms with Crippen molar-refractivity contribution in [1.29, 1.82) is 0 Å². The monoisotopic (exact) mass is 377 g/mol. The number of carboxylic acid groups (broad SMARTS) is 1. The van der Waals surface area contributed by atoms with E-state index in [-0.39, 0.29) is 12.3 Å². The number of ether oxygens (including phenoxy) is 1. The summed E-state index contributed by atoms with van der Waals surface area (Å²) in [6.45, 7) is 2.23. The first-order valence-electron chi connectivity index (χ1n) is 9.17. The summed E-state index contributed by atoms with van der Waals surface area (Å²) < 4.78 is 5.36. The molecule has 0 aliphatic heterocycles. The summed E-state index contributed by atoms with van der Waals surface area (Å²) in [4.78, 5) is 26.0. The molecule has 5 heteroatoms. The van der Waals surface area contributed by atoms with E-state index in [0.717, 1.165) is 22.0 Å². The van der Waals surface area contributed by atoms with Crippen molar-refractivity contribution >= 4 is 28.3 Å². The van der Waals surface area contributed by atoms with E-state index in [9.17, 15) is 9.59 Å². The van der Waals surface area contributed by atoms with Crippen molar-refractivity contribution in [1.82, 2.24) is 0 Å². The fraction of sp³-hybridized carbons (Fsp3) is 0.217. The summed E-state index contributed by atoms with van der Waals surface area (Å²) >= 11 is 0. The largest absolute Gasteiger partial charge is 0.496 e. The zero-order valence-corrected chi connectivity index (χ0v) is 16.0. The number of amides is 1. The molecule has 3 aromatic rings. The first-order chi connectivity index (χ1) is 13.5. The van der Waals surface area contributed by atoms with Gasteiger partial charge in [0.2, 0.25) is 0 Å². The molecule has 3 rings (SSSR count). The van der Waals surface area contributed by atoms with Gasteiger partial charge < -0.3 is 14.7 Å². The molecule has 0 bridgehead atoms. The van der Waals surface area contributed by atoms with Gasteiger partial charge in [-0.05, 0) is 42.5 Å². The van der Waals surface area contributed by atoms with Crippen LogP contribution in [0.4, 0.5) is 5.69 Å². The van der Waals surface area contributed by atoms with Gasteiger partial charge in [0.05, 0.1) is 12.8 Å². The third-order valence-electron chi connectivity index (χ3n) is 4.73. The van der Waals surface area contributed by atoms with E-state index in [1.54, 1.807) is 24.1 Å². The number of aryl methyl sites for hydroxylation is 1. The smallest absolute Gasteiger partial charge is 0.303 e. The lowest BCUT2D eigenvalue weighted by Crippen LogP contribution is -2.32. The van der Waals surface area contributed by atoms with Crippen molar-refractivity contribution in [3.05, 3.63) is 71.8 Å². The van der Waals surface area contributed by atoms with Crippen LogP contribution in [-0.4, -0.2) is 30.6 Å². The maximum absolute atomic E-state index is 13.4. The Balaban J connectivity index is 2.03. The van der Waals surface area contributed by atoms with Crippen LogP contribution >= 0.6 is 0 Å². The third-order valence-corrected chi connectivity index (χ3v) is 4.73. The SMILES string of the molecule is COc1cc(C(=O)N(CCCC(=O)O)c2cccc3ccccc23)ccc1C. The summed E-state index contributed by atoms with van der Waals surface area (Å²) in [5, 5.41) is 11.0. The van der Waals surface area contributed by atoms with Crippen molar-refractivity contribution in [2.24, 2.45) is 0 Å². The van der Waals surface area contributed by atoms with Crippen LogP contribution in [0.15, 0.2) is 60.7 Å². The lowest BCUT2D eigenvalue weighted by molar-refractivity contribution is -0.137. The molecule has 0 aromatic heterocycles. The summed E-state index contributed by atoms with van der Waals surface area (Å²) in [6.07, 6.45) is 0.374. The van der Waals surface area contributed by atoms with Crippen LogP contribution in [0.5, 0.6) is 5.75 Å². The molecule has 0 spiro atoms. The number of aliphatic carboxylic acids is 1. The van der Waals surface area contributed by atoms with Gasteiger partial charge in [-0.15, -0.1) is 0 Å². The number of carboxylic acids is 1. The van der Waals surface area contributed by atoms with Crippen LogP contribution in [0, 0.1) is 6.92 Å². The van der Waals surface area contributed by atoms with Gasteiger partial charge in [-0.1, -0.05) is 42.5 Å². The molecule has 0 unspecified atom stereocenters. The second kappa shape index (κ2) is 8.57. The van der Waals surface area contributed by atoms with Crippen LogP contribution in [0.2, 0.25) is 0 Å². The molecule has 28 heavy (non-hydrogen) atoms. The van der Waals surface area contributed by atoms with E-state index in [4.69, 9.17) is 9.84 Å². The second-order valence-electron chi connectivity index (χ2n) is 6.64. The molecule has 3 aromatic carbocycles. The summed E-state index contributed by atoms with van der Waals surface area (Å²) in [7, 11) is 1.58. The molecule has 0 aliphatic rings. The van der Waals surface area contributed by atoms with Crippen LogP contribution in [0.3, 0.4) is 0 Å². The predicted octanol–water partition coefficient (Wildman–Crippen LogP) is 4.67. The lowest BCUT2D eigenvalue weighted by Gasteiger charge is -2.25. The molecule has 0 heterocycles. The predicted molar refractivity (Wildman–Crippen MR) is 110 cm³/mol. The Morgan fingerprint density at radius 2 is 1.79 bits per heavy atom. The van der Waals surface area contributed by atoms with Crippen LogP contribution in [0.25, 0.3) is 10.8 Å². The number of benzene rings is 3. The maximum Gasteiger partial charge on any atom is 0.303 e. The minimum atomic E-state index is -0.873. The number of rotatable bonds is 7. The normalized spacial score (nSPS) is 10.6. The van der Waals surface area contributed by atoms with E-state index in [1.165, 1.54) is 0 Å². The van der Waals surface area contributed by atoms with Crippen molar-refractivity contribution in [2.45, 2.75) is 19.8 Å². The van der Waals surface area contributed by atoms with E-state index in [2.05, 4.69) is 0 Å². The van der Waals surface area contributed by atoms with Gasteiger partial charge in [0.25, 0.3) is 5.91 Å². The highest BCUT2D eigenvalue weighted by molar-refractivity contribution is 6.11. The molecule has 0 saturated heterocycles. The number of anilines is 1. The minimum Gasteiger partial charge on any atom is -0.496 e. The summed E-state index contributed by atoms with van der Waals surface area (Å²) in [6, 6.07) is 19.0. The Bertz CT molecular complexity index is 1010. The maximum atomic E-state index is 13.4. The molecule has 144 valence electrons. The highest BCUT2D eigenvalue weighted by Crippen LogP contribution is 2.29. The number of hydrogen-bond donors (Lipinski definition) is 1. The van der Waals surface area contributed by atoms with E-state index in [0.29, 0.717) is 24.3 Å². The fourth-order valence-corrected chi connectivity index (χ4v) is 3.27. The fourth-order valence-electron chi connectivity index (χ4n) is 3.27. The zero-order valence-electron chi connectivity index (χ0n) is 16.0. The summed E-state index contributed by atoms with van der Waals surface area (Å²) in [5.41, 5.74) is 2.22. The van der Waals surface area contributed by atoms with E-state index in [1.807, 2.05) is 55.5 Å². The van der Waals surface area contributed by atoms with Gasteiger partial charge in [-0.2, -0.15) is 0 Å². The minimum absolute atomic E-state index is 0.00572. The Kier molecular flexibility index (Phi) is 5.94. The van der Waals surface area contributed by atoms with Gasteiger partial charge in [0.15, 0.2) is 0 Å². The van der Waals surface area contributed by atoms with Crippen molar-refractivity contribution in [3.63, 3.8) is 0 Å². The van der Waals surface area contributed by atoms with Crippen molar-refractivity contribution in [2.75, 3.05) is 18.6 Å². The van der Waals surface area contributed by atoms with Gasteiger partial charge in [-0.3, -0.25) is 9.59 Å². The Hall–Kier alpha value is -3.34. The highest BCUT2D eigenvalue weighted by Gasteiger charge is 2.20. The number of carbonyl (C=O) groups is 2. The molecule has 0 fully saturated rings. The number of nitrogens with zero attached hydrogens (tertiary/aromatic N) is 1. The number of carbonyl (C=O) groups excluding carboxylic acids is 1. The lowest BCUT2D eigenvalue weighted by atomic mass is 10.1. The van der Waals surface area contributed by atoms with Gasteiger partial charge in [-0.25, -0.2) is 0 Å². The van der Waals surface area contributed by atoms with Gasteiger partial charge in [0, 0.05) is 23.9 Å². The molecule has 1 N–H and O–H groups in total. The molecule has 0 radical (unpaired) electrons. The molecular formula is C23H23NO4. The zero-order chi connectivity index (χ0) is 20.1. The number of hydrogen-bond acceptors (Lipinski definition) is 3. The van der Waals surface area contributed by atoms with Crippen molar-refractivity contribution in [3.8, 4) is 5.75 Å². The van der Waals surface area contributed by atoms with E-state index >= 15 is 0 Å². The topological polar surface area (TPSA) is 66.8 Å². The van der Waals surface area contributed by atoms with Gasteiger partial charge >= 0.3 is 5.97 Å². The molecule has 0 aliphatic carbocycles. The standard InChI is InChI=1S/C23H23NO4/c1-16-12-13-18(15-21(16)28-2)23(27)24(14-6-11-22(25)26)20-10-5-8-17-7-3-4-9-19(17)20/h3-5,7-10,12-13,15H,6,11,14H2,1-2H3,(H,25,26). The average molecular weight is 377 g/mol. The highest BCUT2D eigenvalue weighted by atomic mass is 16.5. The Morgan fingerprint density at radius 1 is 1.04 bits per heavy atom.